The van der Waals surface area contributed by atoms with Gasteiger partial charge in [-0.3, -0.25) is 4.79 Å². The van der Waals surface area contributed by atoms with Crippen molar-refractivity contribution >= 4 is 39.8 Å². The van der Waals surface area contributed by atoms with Gasteiger partial charge in [-0.25, -0.2) is 9.37 Å². The van der Waals surface area contributed by atoms with Crippen LogP contribution in [0.4, 0.5) is 15.9 Å². The molecule has 0 saturated carbocycles. The summed E-state index contributed by atoms with van der Waals surface area (Å²) in [5.41, 5.74) is 2.21. The number of hydrogen-bond acceptors (Lipinski definition) is 4. The van der Waals surface area contributed by atoms with Gasteiger partial charge < -0.3 is 15.0 Å². The van der Waals surface area contributed by atoms with E-state index in [1.165, 1.54) is 12.1 Å². The number of nitrogens with one attached hydrogen (secondary N) is 1. The number of aromatic nitrogens is 1. The molecule has 2 atom stereocenters. The molecular weight excluding hydrogens is 393 g/mol. The van der Waals surface area contributed by atoms with E-state index in [-0.39, 0.29) is 23.1 Å². The van der Waals surface area contributed by atoms with Crippen molar-refractivity contribution in [3.05, 3.63) is 64.6 Å². The summed E-state index contributed by atoms with van der Waals surface area (Å²) in [5, 5.41) is 4.93. The van der Waals surface area contributed by atoms with Crippen LogP contribution < -0.4 is 5.32 Å². The Labute approximate surface area is 172 Å². The molecule has 5 nitrogen and oxygen atoms in total. The van der Waals surface area contributed by atoms with Crippen LogP contribution in [-0.2, 0) is 4.74 Å². The van der Waals surface area contributed by atoms with Gasteiger partial charge in [-0.1, -0.05) is 29.8 Å². The number of nitrogens with zero attached hydrogens (tertiary/aromatic N) is 2. The second kappa shape index (κ2) is 6.97. The highest BCUT2D eigenvalue weighted by molar-refractivity contribution is 6.31. The number of likely N-dealkylation sites (tertiary alicyclic amines) is 1. The number of hydrogen-bond donors (Lipinski definition) is 1. The van der Waals surface area contributed by atoms with Crippen molar-refractivity contribution in [3.63, 3.8) is 0 Å². The lowest BCUT2D eigenvalue weighted by molar-refractivity contribution is 0.0260. The normalized spacial score (nSPS) is 20.4. The Morgan fingerprint density at radius 1 is 1.34 bits per heavy atom. The van der Waals surface area contributed by atoms with E-state index in [2.05, 4.69) is 10.3 Å². The van der Waals surface area contributed by atoms with E-state index in [1.54, 1.807) is 12.3 Å². The summed E-state index contributed by atoms with van der Waals surface area (Å²) in [6.45, 7) is 3.22. The summed E-state index contributed by atoms with van der Waals surface area (Å²) in [6.07, 6.45) is 2.67. The Morgan fingerprint density at radius 3 is 2.93 bits per heavy atom. The Kier molecular flexibility index (Phi) is 4.41. The molecule has 3 aromatic rings. The van der Waals surface area contributed by atoms with Crippen LogP contribution in [0.2, 0.25) is 5.02 Å². The van der Waals surface area contributed by atoms with Crippen molar-refractivity contribution in [2.45, 2.75) is 25.5 Å². The molecule has 1 aromatic heterocycles. The molecule has 2 aliphatic heterocycles. The van der Waals surface area contributed by atoms with Crippen LogP contribution in [-0.4, -0.2) is 41.1 Å². The topological polar surface area (TPSA) is 54.5 Å². The highest BCUT2D eigenvalue weighted by Gasteiger charge is 2.42. The van der Waals surface area contributed by atoms with Crippen LogP contribution >= 0.6 is 11.6 Å². The summed E-state index contributed by atoms with van der Waals surface area (Å²) in [5.74, 6) is 0.105. The van der Waals surface area contributed by atoms with Crippen LogP contribution in [0, 0.1) is 12.7 Å². The molecule has 2 aromatic carbocycles. The van der Waals surface area contributed by atoms with Crippen LogP contribution in [0.25, 0.3) is 10.8 Å². The lowest BCUT2D eigenvalue weighted by Gasteiger charge is -2.27. The smallest absolute Gasteiger partial charge is 0.256 e. The molecule has 1 amide bonds. The fourth-order valence-electron chi connectivity index (χ4n) is 4.26. The minimum Gasteiger partial charge on any atom is -0.374 e. The molecule has 7 heteroatoms. The van der Waals surface area contributed by atoms with E-state index in [0.717, 1.165) is 22.8 Å². The maximum atomic E-state index is 13.5. The molecule has 2 aliphatic rings. The first-order chi connectivity index (χ1) is 14.0. The Bertz CT molecular complexity index is 1140. The molecule has 1 N–H and O–H groups in total. The van der Waals surface area contributed by atoms with Gasteiger partial charge in [-0.2, -0.15) is 0 Å². The Balaban J connectivity index is 1.56. The quantitative estimate of drug-likeness (QED) is 0.679. The number of benzene rings is 2. The number of amides is 1. The fraction of sp³-hybridized carbons (Fsp3) is 0.273. The lowest BCUT2D eigenvalue weighted by atomic mass is 10.0. The first-order valence-corrected chi connectivity index (χ1v) is 9.92. The van der Waals surface area contributed by atoms with Gasteiger partial charge in [-0.05, 0) is 37.1 Å². The molecule has 2 unspecified atom stereocenters. The van der Waals surface area contributed by atoms with Crippen molar-refractivity contribution in [2.24, 2.45) is 0 Å². The molecule has 29 heavy (non-hydrogen) atoms. The zero-order valence-electron chi connectivity index (χ0n) is 15.8. The third-order valence-corrected chi connectivity index (χ3v) is 5.98. The standard InChI is InChI=1S/C22H19ClFN3O2/c1-12-3-2-4-16-20(12)17(22(28)27-10-15-8-14(27)11-29-15)9-25-21(16)26-13-5-6-19(24)18(23)7-13/h2-7,9,14-15H,8,10-11H2,1H3,(H,25,26). The molecule has 2 fully saturated rings. The van der Waals surface area contributed by atoms with Crippen LogP contribution in [0.15, 0.2) is 42.6 Å². The molecular formula is C22H19ClFN3O2. The number of anilines is 2. The summed E-state index contributed by atoms with van der Waals surface area (Å²) < 4.78 is 19.1. The van der Waals surface area contributed by atoms with Crippen molar-refractivity contribution in [3.8, 4) is 0 Å². The van der Waals surface area contributed by atoms with Crippen molar-refractivity contribution in [2.75, 3.05) is 18.5 Å². The molecule has 2 bridgehead atoms. The predicted molar refractivity (Wildman–Crippen MR) is 110 cm³/mol. The van der Waals surface area contributed by atoms with Gasteiger partial charge in [0.1, 0.15) is 11.6 Å². The van der Waals surface area contributed by atoms with Crippen LogP contribution in [0.1, 0.15) is 22.3 Å². The second-order valence-corrected chi connectivity index (χ2v) is 7.98. The summed E-state index contributed by atoms with van der Waals surface area (Å²) in [7, 11) is 0. The number of halogens is 2. The maximum Gasteiger partial charge on any atom is 0.256 e. The third-order valence-electron chi connectivity index (χ3n) is 5.69. The van der Waals surface area contributed by atoms with Crippen molar-refractivity contribution < 1.29 is 13.9 Å². The molecule has 0 radical (unpaired) electrons. The Morgan fingerprint density at radius 2 is 2.21 bits per heavy atom. The van der Waals surface area contributed by atoms with E-state index in [9.17, 15) is 9.18 Å². The molecule has 148 valence electrons. The zero-order valence-corrected chi connectivity index (χ0v) is 16.5. The van der Waals surface area contributed by atoms with Crippen LogP contribution in [0.3, 0.4) is 0 Å². The van der Waals surface area contributed by atoms with Gasteiger partial charge in [-0.15, -0.1) is 0 Å². The third kappa shape index (κ3) is 3.12. The number of carbonyl (C=O) groups is 1. The summed E-state index contributed by atoms with van der Waals surface area (Å²) >= 11 is 5.90. The van der Waals surface area contributed by atoms with Crippen LogP contribution in [0.5, 0.6) is 0 Å². The van der Waals surface area contributed by atoms with E-state index in [4.69, 9.17) is 16.3 Å². The predicted octanol–water partition coefficient (Wildman–Crippen LogP) is 4.69. The minimum atomic E-state index is -0.476. The van der Waals surface area contributed by atoms with E-state index >= 15 is 0 Å². The first kappa shape index (κ1) is 18.3. The summed E-state index contributed by atoms with van der Waals surface area (Å²) in [4.78, 5) is 19.7. The van der Waals surface area contributed by atoms with Gasteiger partial charge >= 0.3 is 0 Å². The second-order valence-electron chi connectivity index (χ2n) is 7.57. The summed E-state index contributed by atoms with van der Waals surface area (Å²) in [6, 6.07) is 10.4. The molecule has 0 spiro atoms. The highest BCUT2D eigenvalue weighted by atomic mass is 35.5. The van der Waals surface area contributed by atoms with Crippen molar-refractivity contribution in [1.29, 1.82) is 0 Å². The fourth-order valence-corrected chi connectivity index (χ4v) is 4.44. The largest absolute Gasteiger partial charge is 0.374 e. The van der Waals surface area contributed by atoms with Crippen molar-refractivity contribution in [1.82, 2.24) is 9.88 Å². The molecule has 5 rings (SSSR count). The lowest BCUT2D eigenvalue weighted by Crippen LogP contribution is -2.41. The SMILES string of the molecule is Cc1cccc2c(Nc3ccc(F)c(Cl)c3)ncc(C(=O)N3CC4CC3CO4)c12. The number of morpholine rings is 1. The van der Waals surface area contributed by atoms with Gasteiger partial charge in [0.25, 0.3) is 5.91 Å². The number of aryl methyl sites for hydroxylation is 1. The van der Waals surface area contributed by atoms with E-state index in [1.807, 2.05) is 30.0 Å². The van der Waals surface area contributed by atoms with E-state index < -0.39 is 5.82 Å². The molecule has 0 aliphatic carbocycles. The number of carbonyl (C=O) groups excluding carboxylic acids is 1. The maximum absolute atomic E-state index is 13.5. The zero-order chi connectivity index (χ0) is 20.1. The number of rotatable bonds is 3. The molecule has 2 saturated heterocycles. The minimum absolute atomic E-state index is 0.0102. The first-order valence-electron chi connectivity index (χ1n) is 9.54. The van der Waals surface area contributed by atoms with Gasteiger partial charge in [0.15, 0.2) is 0 Å². The van der Waals surface area contributed by atoms with E-state index in [0.29, 0.717) is 30.2 Å². The average Bonchev–Trinajstić information content (AvgIpc) is 3.34. The Hall–Kier alpha value is -2.70. The number of pyridine rings is 1. The monoisotopic (exact) mass is 411 g/mol. The highest BCUT2D eigenvalue weighted by Crippen LogP contribution is 2.34. The average molecular weight is 412 g/mol. The molecule has 3 heterocycles. The number of fused-ring (bicyclic) bond motifs is 3. The number of ether oxygens (including phenoxy) is 1. The van der Waals surface area contributed by atoms with Gasteiger partial charge in [0, 0.05) is 29.2 Å². The van der Waals surface area contributed by atoms with Gasteiger partial charge in [0.2, 0.25) is 0 Å². The van der Waals surface area contributed by atoms with Gasteiger partial charge in [0.05, 0.1) is 29.3 Å².